The standard InChI is InChI=1S/C7H16Si/c1-7(2)5-6-8(3)4/h5,8H,6H2,1-4H3. The van der Waals surface area contributed by atoms with Crippen molar-refractivity contribution in [3.63, 3.8) is 0 Å². The first-order chi connectivity index (χ1) is 3.63. The molecular formula is C7H16Si. The molecule has 0 aromatic rings. The Kier molecular flexibility index (Phi) is 3.88. The summed E-state index contributed by atoms with van der Waals surface area (Å²) in [6.45, 7) is 9.08. The van der Waals surface area contributed by atoms with Crippen LogP contribution in [-0.4, -0.2) is 8.80 Å². The minimum absolute atomic E-state index is 0.303. The zero-order valence-corrected chi connectivity index (χ0v) is 7.52. The van der Waals surface area contributed by atoms with Crippen molar-refractivity contribution >= 4 is 8.80 Å². The van der Waals surface area contributed by atoms with Gasteiger partial charge in [0.25, 0.3) is 0 Å². The summed E-state index contributed by atoms with van der Waals surface area (Å²) in [5.74, 6) is 0. The lowest BCUT2D eigenvalue weighted by Gasteiger charge is -1.94. The molecule has 0 aliphatic carbocycles. The second kappa shape index (κ2) is 3.90. The molecule has 0 rings (SSSR count). The zero-order chi connectivity index (χ0) is 6.57. The minimum Gasteiger partial charge on any atom is -0.0888 e. The van der Waals surface area contributed by atoms with Gasteiger partial charge in [-0.2, -0.15) is 0 Å². The maximum atomic E-state index is 2.37. The highest BCUT2D eigenvalue weighted by molar-refractivity contribution is 6.56. The van der Waals surface area contributed by atoms with Crippen LogP contribution < -0.4 is 0 Å². The highest BCUT2D eigenvalue weighted by atomic mass is 28.3. The summed E-state index contributed by atoms with van der Waals surface area (Å²) in [5, 5.41) is 0. The monoisotopic (exact) mass is 128 g/mol. The van der Waals surface area contributed by atoms with Gasteiger partial charge in [0.15, 0.2) is 0 Å². The normalized spacial score (nSPS) is 9.62. The van der Waals surface area contributed by atoms with Crippen LogP contribution in [-0.2, 0) is 0 Å². The third kappa shape index (κ3) is 5.96. The van der Waals surface area contributed by atoms with Crippen molar-refractivity contribution in [1.82, 2.24) is 0 Å². The van der Waals surface area contributed by atoms with E-state index < -0.39 is 0 Å². The second-order valence-electron chi connectivity index (χ2n) is 2.91. The summed E-state index contributed by atoms with van der Waals surface area (Å²) in [4.78, 5) is 0. The first-order valence-electron chi connectivity index (χ1n) is 3.26. The Morgan fingerprint density at radius 3 is 2.00 bits per heavy atom. The Balaban J connectivity index is 3.29. The van der Waals surface area contributed by atoms with Crippen molar-refractivity contribution in [3.05, 3.63) is 11.6 Å². The molecule has 0 aliphatic heterocycles. The topological polar surface area (TPSA) is 0 Å². The first kappa shape index (κ1) is 7.96. The Morgan fingerprint density at radius 2 is 1.88 bits per heavy atom. The van der Waals surface area contributed by atoms with Crippen LogP contribution in [0.3, 0.4) is 0 Å². The molecular weight excluding hydrogens is 112 g/mol. The van der Waals surface area contributed by atoms with Gasteiger partial charge in [0.1, 0.15) is 0 Å². The molecule has 0 bridgehead atoms. The third-order valence-electron chi connectivity index (χ3n) is 0.998. The number of rotatable bonds is 2. The van der Waals surface area contributed by atoms with E-state index >= 15 is 0 Å². The van der Waals surface area contributed by atoms with Gasteiger partial charge < -0.3 is 0 Å². The van der Waals surface area contributed by atoms with E-state index in [-0.39, 0.29) is 8.80 Å². The van der Waals surface area contributed by atoms with E-state index in [0.29, 0.717) is 0 Å². The Bertz CT molecular complexity index is 78.4. The second-order valence-corrected chi connectivity index (χ2v) is 6.17. The summed E-state index contributed by atoms with van der Waals surface area (Å²) in [6, 6.07) is 1.36. The highest BCUT2D eigenvalue weighted by Crippen LogP contribution is 1.97. The molecule has 0 aromatic carbocycles. The van der Waals surface area contributed by atoms with Gasteiger partial charge in [0.2, 0.25) is 0 Å². The lowest BCUT2D eigenvalue weighted by molar-refractivity contribution is 1.35. The average molecular weight is 128 g/mol. The number of hydrogen-bond acceptors (Lipinski definition) is 0. The van der Waals surface area contributed by atoms with E-state index in [1.165, 1.54) is 11.6 Å². The Morgan fingerprint density at radius 1 is 1.38 bits per heavy atom. The van der Waals surface area contributed by atoms with Gasteiger partial charge in [-0.05, 0) is 19.9 Å². The molecule has 0 N–H and O–H groups in total. The van der Waals surface area contributed by atoms with Crippen molar-refractivity contribution in [3.8, 4) is 0 Å². The Labute approximate surface area is 54.2 Å². The summed E-state index contributed by atoms with van der Waals surface area (Å²) < 4.78 is 0. The molecule has 0 saturated carbocycles. The average Bonchev–Trinajstić information content (AvgIpc) is 1.61. The molecule has 8 heavy (non-hydrogen) atoms. The zero-order valence-electron chi connectivity index (χ0n) is 6.36. The fourth-order valence-corrected chi connectivity index (χ4v) is 1.41. The molecule has 0 nitrogen and oxygen atoms in total. The van der Waals surface area contributed by atoms with Gasteiger partial charge >= 0.3 is 0 Å². The largest absolute Gasteiger partial charge is 0.0888 e. The molecule has 0 aliphatic rings. The van der Waals surface area contributed by atoms with Gasteiger partial charge in [0, 0.05) is 8.80 Å². The summed E-state index contributed by atoms with van der Waals surface area (Å²) in [7, 11) is -0.303. The van der Waals surface area contributed by atoms with Crippen LogP contribution in [0.25, 0.3) is 0 Å². The summed E-state index contributed by atoms with van der Waals surface area (Å²) in [5.41, 5.74) is 1.46. The van der Waals surface area contributed by atoms with Crippen molar-refractivity contribution in [2.24, 2.45) is 0 Å². The van der Waals surface area contributed by atoms with Gasteiger partial charge in [-0.15, -0.1) is 0 Å². The van der Waals surface area contributed by atoms with Crippen molar-refractivity contribution in [2.45, 2.75) is 33.0 Å². The molecule has 0 aromatic heterocycles. The fourth-order valence-electron chi connectivity index (χ4n) is 0.471. The molecule has 0 unspecified atom stereocenters. The van der Waals surface area contributed by atoms with E-state index in [1.807, 2.05) is 0 Å². The van der Waals surface area contributed by atoms with Crippen molar-refractivity contribution in [2.75, 3.05) is 0 Å². The van der Waals surface area contributed by atoms with Crippen LogP contribution in [0.4, 0.5) is 0 Å². The van der Waals surface area contributed by atoms with Crippen LogP contribution in [0.2, 0.25) is 19.1 Å². The molecule has 0 spiro atoms. The fraction of sp³-hybridized carbons (Fsp3) is 0.714. The molecule has 0 fully saturated rings. The summed E-state index contributed by atoms with van der Waals surface area (Å²) in [6.07, 6.45) is 2.34. The van der Waals surface area contributed by atoms with Gasteiger partial charge in [-0.1, -0.05) is 24.7 Å². The van der Waals surface area contributed by atoms with E-state index in [0.717, 1.165) is 0 Å². The predicted molar refractivity (Wildman–Crippen MR) is 43.1 cm³/mol. The molecule has 0 atom stereocenters. The van der Waals surface area contributed by atoms with Crippen LogP contribution in [0.1, 0.15) is 13.8 Å². The minimum atomic E-state index is -0.303. The van der Waals surface area contributed by atoms with Crippen LogP contribution in [0.15, 0.2) is 11.6 Å². The summed E-state index contributed by atoms with van der Waals surface area (Å²) >= 11 is 0. The molecule has 0 heterocycles. The maximum Gasteiger partial charge on any atom is 0.0344 e. The molecule has 48 valence electrons. The Hall–Kier alpha value is -0.0431. The van der Waals surface area contributed by atoms with Crippen LogP contribution in [0.5, 0.6) is 0 Å². The lowest BCUT2D eigenvalue weighted by Crippen LogP contribution is -1.95. The molecule has 0 saturated heterocycles. The van der Waals surface area contributed by atoms with E-state index in [1.54, 1.807) is 0 Å². The SMILES string of the molecule is CC(C)=CC[SiH](C)C. The van der Waals surface area contributed by atoms with E-state index in [4.69, 9.17) is 0 Å². The predicted octanol–water partition coefficient (Wildman–Crippen LogP) is 2.44. The van der Waals surface area contributed by atoms with Crippen molar-refractivity contribution < 1.29 is 0 Å². The third-order valence-corrected chi connectivity index (χ3v) is 2.18. The number of allylic oxidation sites excluding steroid dienone is 2. The van der Waals surface area contributed by atoms with Crippen molar-refractivity contribution in [1.29, 1.82) is 0 Å². The molecule has 1 heteroatoms. The highest BCUT2D eigenvalue weighted by Gasteiger charge is 1.88. The maximum absolute atomic E-state index is 2.37. The first-order valence-corrected chi connectivity index (χ1v) is 6.39. The quantitative estimate of drug-likeness (QED) is 0.396. The van der Waals surface area contributed by atoms with Gasteiger partial charge in [0.05, 0.1) is 0 Å². The van der Waals surface area contributed by atoms with Crippen LogP contribution in [0, 0.1) is 0 Å². The van der Waals surface area contributed by atoms with E-state index in [9.17, 15) is 0 Å². The van der Waals surface area contributed by atoms with Gasteiger partial charge in [-0.25, -0.2) is 0 Å². The van der Waals surface area contributed by atoms with Gasteiger partial charge in [-0.3, -0.25) is 0 Å². The smallest absolute Gasteiger partial charge is 0.0344 e. The molecule has 0 radical (unpaired) electrons. The molecule has 0 amide bonds. The van der Waals surface area contributed by atoms with Crippen LogP contribution >= 0.6 is 0 Å². The lowest BCUT2D eigenvalue weighted by atomic mass is 10.3. The van der Waals surface area contributed by atoms with E-state index in [2.05, 4.69) is 33.0 Å². The number of hydrogen-bond donors (Lipinski definition) is 0.